The van der Waals surface area contributed by atoms with Crippen molar-refractivity contribution < 1.29 is 22.7 Å². The number of carbonyl (C=O) groups is 1. The quantitative estimate of drug-likeness (QED) is 0.393. The fraction of sp³-hybridized carbons (Fsp3) is 0.136. The summed E-state index contributed by atoms with van der Waals surface area (Å²) in [4.78, 5) is 16.5. The number of sulfonamides is 1. The summed E-state index contributed by atoms with van der Waals surface area (Å²) in [7, 11) is -1.19. The molecule has 0 aliphatic heterocycles. The third-order valence-electron chi connectivity index (χ3n) is 4.40. The molecule has 2 aromatic carbocycles. The average molecular weight is 455 g/mol. The molecule has 1 N–H and O–H groups in total. The molecule has 0 bridgehead atoms. The van der Waals surface area contributed by atoms with Crippen LogP contribution in [0.2, 0.25) is 0 Å². The van der Waals surface area contributed by atoms with Gasteiger partial charge in [-0.1, -0.05) is 12.1 Å². The number of para-hydroxylation sites is 2. The molecular formula is C22H22N4O5S. The smallest absolute Gasteiger partial charge is 0.264 e. The van der Waals surface area contributed by atoms with Gasteiger partial charge in [-0.05, 0) is 54.1 Å². The van der Waals surface area contributed by atoms with Crippen LogP contribution in [0.4, 0.5) is 5.69 Å². The number of rotatable bonds is 9. The molecule has 10 heteroatoms. The molecule has 0 saturated carbocycles. The van der Waals surface area contributed by atoms with Gasteiger partial charge < -0.3 is 9.47 Å². The lowest BCUT2D eigenvalue weighted by Gasteiger charge is -2.25. The molecule has 0 fully saturated rings. The first-order valence-corrected chi connectivity index (χ1v) is 10.9. The highest BCUT2D eigenvalue weighted by molar-refractivity contribution is 7.92. The molecule has 32 heavy (non-hydrogen) atoms. The van der Waals surface area contributed by atoms with Gasteiger partial charge in [0.05, 0.1) is 31.0 Å². The minimum absolute atomic E-state index is 0.00251. The van der Waals surface area contributed by atoms with Crippen LogP contribution in [-0.2, 0) is 14.8 Å². The maximum atomic E-state index is 13.4. The standard InChI is InChI=1S/C22H22N4O5S/c1-30-18-7-9-19(10-8-18)32(28,29)26(20-5-3-4-6-21(20)31-2)16-22(27)25-24-15-17-11-13-23-14-12-17/h3-15H,16H2,1-2H3,(H,25,27)/b24-15-. The van der Waals surface area contributed by atoms with E-state index in [1.165, 1.54) is 44.7 Å². The van der Waals surface area contributed by atoms with Crippen molar-refractivity contribution in [1.29, 1.82) is 0 Å². The molecule has 9 nitrogen and oxygen atoms in total. The number of hydrogen-bond donors (Lipinski definition) is 1. The normalized spacial score (nSPS) is 11.2. The fourth-order valence-corrected chi connectivity index (χ4v) is 4.24. The minimum atomic E-state index is -4.11. The number of methoxy groups -OCH3 is 2. The van der Waals surface area contributed by atoms with E-state index >= 15 is 0 Å². The predicted molar refractivity (Wildman–Crippen MR) is 120 cm³/mol. The second-order valence-electron chi connectivity index (χ2n) is 6.43. The van der Waals surface area contributed by atoms with E-state index in [0.717, 1.165) is 9.87 Å². The maximum Gasteiger partial charge on any atom is 0.264 e. The van der Waals surface area contributed by atoms with Gasteiger partial charge in [0, 0.05) is 12.4 Å². The Bertz CT molecular complexity index is 1180. The third-order valence-corrected chi connectivity index (χ3v) is 6.17. The van der Waals surface area contributed by atoms with Crippen LogP contribution in [0.1, 0.15) is 5.56 Å². The van der Waals surface area contributed by atoms with Crippen molar-refractivity contribution in [3.63, 3.8) is 0 Å². The van der Waals surface area contributed by atoms with Crippen LogP contribution in [0.25, 0.3) is 0 Å². The van der Waals surface area contributed by atoms with E-state index in [1.807, 2.05) is 0 Å². The zero-order chi connectivity index (χ0) is 23.0. The van der Waals surface area contributed by atoms with Gasteiger partial charge in [-0.2, -0.15) is 5.10 Å². The summed E-state index contributed by atoms with van der Waals surface area (Å²) in [6.45, 7) is -0.511. The predicted octanol–water partition coefficient (Wildman–Crippen LogP) is 2.44. The van der Waals surface area contributed by atoms with E-state index in [9.17, 15) is 13.2 Å². The lowest BCUT2D eigenvalue weighted by atomic mass is 10.3. The van der Waals surface area contributed by atoms with E-state index in [4.69, 9.17) is 9.47 Å². The summed E-state index contributed by atoms with van der Waals surface area (Å²) < 4.78 is 38.3. The van der Waals surface area contributed by atoms with Crippen molar-refractivity contribution in [3.8, 4) is 11.5 Å². The average Bonchev–Trinajstić information content (AvgIpc) is 2.83. The molecule has 3 rings (SSSR count). The van der Waals surface area contributed by atoms with Crippen molar-refractivity contribution in [2.24, 2.45) is 5.10 Å². The lowest BCUT2D eigenvalue weighted by molar-refractivity contribution is -0.119. The first-order valence-electron chi connectivity index (χ1n) is 9.47. The Morgan fingerprint density at radius 3 is 2.38 bits per heavy atom. The van der Waals surface area contributed by atoms with Gasteiger partial charge in [0.15, 0.2) is 0 Å². The Morgan fingerprint density at radius 2 is 1.72 bits per heavy atom. The number of hydrazone groups is 1. The molecule has 0 radical (unpaired) electrons. The van der Waals surface area contributed by atoms with Gasteiger partial charge >= 0.3 is 0 Å². The van der Waals surface area contributed by atoms with Gasteiger partial charge in [-0.3, -0.25) is 14.1 Å². The topological polar surface area (TPSA) is 110 Å². The summed E-state index contributed by atoms with van der Waals surface area (Å²) >= 11 is 0. The van der Waals surface area contributed by atoms with Gasteiger partial charge in [0.2, 0.25) is 0 Å². The zero-order valence-electron chi connectivity index (χ0n) is 17.5. The molecule has 1 amide bonds. The number of carbonyl (C=O) groups excluding carboxylic acids is 1. The van der Waals surface area contributed by atoms with E-state index < -0.39 is 22.5 Å². The number of benzene rings is 2. The number of amides is 1. The summed E-state index contributed by atoms with van der Waals surface area (Å²) in [6.07, 6.45) is 4.62. The number of anilines is 1. The van der Waals surface area contributed by atoms with Crippen molar-refractivity contribution in [1.82, 2.24) is 10.4 Å². The van der Waals surface area contributed by atoms with Crippen molar-refractivity contribution in [2.75, 3.05) is 25.1 Å². The van der Waals surface area contributed by atoms with E-state index in [1.54, 1.807) is 48.8 Å². The van der Waals surface area contributed by atoms with Crippen LogP contribution in [0.5, 0.6) is 11.5 Å². The first kappa shape index (κ1) is 22.8. The molecule has 0 spiro atoms. The molecule has 0 atom stereocenters. The maximum absolute atomic E-state index is 13.4. The highest BCUT2D eigenvalue weighted by Gasteiger charge is 2.29. The lowest BCUT2D eigenvalue weighted by Crippen LogP contribution is -2.39. The zero-order valence-corrected chi connectivity index (χ0v) is 18.3. The van der Waals surface area contributed by atoms with Gasteiger partial charge in [-0.25, -0.2) is 13.8 Å². The largest absolute Gasteiger partial charge is 0.497 e. The summed E-state index contributed by atoms with van der Waals surface area (Å²) in [5.74, 6) is 0.187. The molecule has 1 heterocycles. The van der Waals surface area contributed by atoms with Crippen molar-refractivity contribution in [2.45, 2.75) is 4.90 Å². The summed E-state index contributed by atoms with van der Waals surface area (Å²) in [5.41, 5.74) is 3.30. The number of pyridine rings is 1. The van der Waals surface area contributed by atoms with Crippen LogP contribution in [-0.4, -0.2) is 46.3 Å². The van der Waals surface area contributed by atoms with Crippen LogP contribution in [0.3, 0.4) is 0 Å². The van der Waals surface area contributed by atoms with Crippen LogP contribution < -0.4 is 19.2 Å². The fourth-order valence-electron chi connectivity index (χ4n) is 2.80. The monoisotopic (exact) mass is 454 g/mol. The second-order valence-corrected chi connectivity index (χ2v) is 8.30. The molecular weight excluding hydrogens is 432 g/mol. The first-order chi connectivity index (χ1) is 15.5. The summed E-state index contributed by atoms with van der Waals surface area (Å²) in [6, 6.07) is 15.9. The Labute approximate surface area is 186 Å². The van der Waals surface area contributed by atoms with Crippen LogP contribution in [0, 0.1) is 0 Å². The van der Waals surface area contributed by atoms with Crippen LogP contribution in [0.15, 0.2) is 83.1 Å². The Balaban J connectivity index is 1.90. The van der Waals surface area contributed by atoms with Crippen molar-refractivity contribution >= 4 is 27.8 Å². The molecule has 0 saturated heterocycles. The molecule has 166 valence electrons. The van der Waals surface area contributed by atoms with E-state index in [2.05, 4.69) is 15.5 Å². The highest BCUT2D eigenvalue weighted by Crippen LogP contribution is 2.32. The molecule has 0 aliphatic rings. The molecule has 3 aromatic rings. The molecule has 0 unspecified atom stereocenters. The number of aromatic nitrogens is 1. The minimum Gasteiger partial charge on any atom is -0.497 e. The van der Waals surface area contributed by atoms with Crippen molar-refractivity contribution in [3.05, 3.63) is 78.6 Å². The van der Waals surface area contributed by atoms with E-state index in [-0.39, 0.29) is 10.6 Å². The second kappa shape index (κ2) is 10.4. The van der Waals surface area contributed by atoms with Crippen LogP contribution >= 0.6 is 0 Å². The Morgan fingerprint density at radius 1 is 1.03 bits per heavy atom. The van der Waals surface area contributed by atoms with Gasteiger partial charge in [-0.15, -0.1) is 0 Å². The highest BCUT2D eigenvalue weighted by atomic mass is 32.2. The number of ether oxygens (including phenoxy) is 2. The van der Waals surface area contributed by atoms with E-state index in [0.29, 0.717) is 11.5 Å². The Kier molecular flexibility index (Phi) is 7.40. The third kappa shape index (κ3) is 5.41. The number of hydrogen-bond acceptors (Lipinski definition) is 7. The SMILES string of the molecule is COc1ccc(S(=O)(=O)N(CC(=O)N/N=C\c2ccncc2)c2ccccc2OC)cc1. The molecule has 1 aromatic heterocycles. The molecule has 0 aliphatic carbocycles. The van der Waals surface area contributed by atoms with Gasteiger partial charge in [0.25, 0.3) is 15.9 Å². The number of nitrogens with zero attached hydrogens (tertiary/aromatic N) is 3. The Hall–Kier alpha value is -3.92. The summed E-state index contributed by atoms with van der Waals surface area (Å²) in [5, 5.41) is 3.89. The van der Waals surface area contributed by atoms with Gasteiger partial charge in [0.1, 0.15) is 18.0 Å². The number of nitrogens with one attached hydrogen (secondary N) is 1.